The van der Waals surface area contributed by atoms with Crippen molar-refractivity contribution >= 4 is 5.69 Å². The molecule has 0 radical (unpaired) electrons. The number of pyridine rings is 2. The number of piperidine rings is 1. The van der Waals surface area contributed by atoms with Gasteiger partial charge in [0.2, 0.25) is 11.5 Å². The number of nitrogens with zero attached hydrogens (tertiary/aromatic N) is 4. The van der Waals surface area contributed by atoms with Crippen molar-refractivity contribution in [3.8, 4) is 62.6 Å². The highest BCUT2D eigenvalue weighted by Crippen LogP contribution is 2.42. The molecule has 2 aromatic heterocycles. The number of unbranched alkanes of at least 4 members (excludes halogenated alkanes) is 1. The molecule has 3 heterocycles. The van der Waals surface area contributed by atoms with Gasteiger partial charge in [-0.15, -0.1) is 0 Å². The van der Waals surface area contributed by atoms with Gasteiger partial charge in [0, 0.05) is 67.6 Å². The third-order valence-corrected chi connectivity index (χ3v) is 10.3. The summed E-state index contributed by atoms with van der Waals surface area (Å²) in [4.78, 5) is 14.4. The second-order valence-electron chi connectivity index (χ2n) is 13.8. The molecule has 11 nitrogen and oxygen atoms in total. The van der Waals surface area contributed by atoms with Crippen LogP contribution in [0.4, 0.5) is 5.69 Å². The summed E-state index contributed by atoms with van der Waals surface area (Å²) in [6.45, 7) is 6.35. The zero-order valence-electron chi connectivity index (χ0n) is 33.7. The van der Waals surface area contributed by atoms with Crippen molar-refractivity contribution < 1.29 is 33.2 Å². The SMILES string of the molecule is CCCCOc1ccc(N(Cc2cncc(-c3cc(OC)c(OC)c(OC)c3)c2)C2CCN(Cc3ccnc(-c4cc(OC)c(OC)c(OC)c4)c3)CC2)cc1. The minimum atomic E-state index is 0.329. The monoisotopic (exact) mass is 762 g/mol. The highest BCUT2D eigenvalue weighted by Gasteiger charge is 2.26. The number of hydrogen-bond acceptors (Lipinski definition) is 11. The third-order valence-electron chi connectivity index (χ3n) is 10.3. The zero-order valence-corrected chi connectivity index (χ0v) is 33.7. The van der Waals surface area contributed by atoms with Crippen LogP contribution in [-0.2, 0) is 13.1 Å². The molecule has 0 bridgehead atoms. The van der Waals surface area contributed by atoms with Gasteiger partial charge in [-0.1, -0.05) is 13.3 Å². The number of methoxy groups -OCH3 is 6. The first-order valence-corrected chi connectivity index (χ1v) is 19.1. The van der Waals surface area contributed by atoms with Crippen LogP contribution in [0.15, 0.2) is 85.3 Å². The van der Waals surface area contributed by atoms with Crippen molar-refractivity contribution in [3.63, 3.8) is 0 Å². The van der Waals surface area contributed by atoms with E-state index in [0.29, 0.717) is 47.1 Å². The Labute approximate surface area is 331 Å². The van der Waals surface area contributed by atoms with Gasteiger partial charge in [0.1, 0.15) is 5.75 Å². The van der Waals surface area contributed by atoms with Gasteiger partial charge in [-0.25, -0.2) is 0 Å². The molecule has 0 aliphatic carbocycles. The summed E-state index contributed by atoms with van der Waals surface area (Å²) in [7, 11) is 9.73. The zero-order chi connectivity index (χ0) is 39.4. The van der Waals surface area contributed by atoms with Crippen LogP contribution < -0.4 is 38.1 Å². The smallest absolute Gasteiger partial charge is 0.203 e. The highest BCUT2D eigenvalue weighted by molar-refractivity contribution is 5.71. The van der Waals surface area contributed by atoms with Crippen LogP contribution >= 0.6 is 0 Å². The van der Waals surface area contributed by atoms with Gasteiger partial charge in [0.05, 0.1) is 55.0 Å². The number of likely N-dealkylation sites (tertiary alicyclic amines) is 1. The summed E-state index contributed by atoms with van der Waals surface area (Å²) in [5.74, 6) is 4.42. The second kappa shape index (κ2) is 19.3. The summed E-state index contributed by atoms with van der Waals surface area (Å²) >= 11 is 0. The molecule has 0 spiro atoms. The number of hydrogen-bond donors (Lipinski definition) is 0. The molecule has 1 fully saturated rings. The van der Waals surface area contributed by atoms with E-state index >= 15 is 0 Å². The van der Waals surface area contributed by atoms with E-state index in [0.717, 1.165) is 91.3 Å². The molecule has 6 rings (SSSR count). The van der Waals surface area contributed by atoms with Crippen LogP contribution in [0.5, 0.6) is 40.2 Å². The molecule has 0 N–H and O–H groups in total. The Kier molecular flexibility index (Phi) is 13.8. The lowest BCUT2D eigenvalue weighted by Gasteiger charge is -2.40. The van der Waals surface area contributed by atoms with Crippen LogP contribution in [0.3, 0.4) is 0 Å². The molecular formula is C45H54N4O7. The van der Waals surface area contributed by atoms with Gasteiger partial charge in [-0.3, -0.25) is 14.9 Å². The second-order valence-corrected chi connectivity index (χ2v) is 13.8. The maximum Gasteiger partial charge on any atom is 0.203 e. The van der Waals surface area contributed by atoms with E-state index in [-0.39, 0.29) is 0 Å². The maximum atomic E-state index is 6.02. The first kappa shape index (κ1) is 40.0. The topological polar surface area (TPSA) is 96.9 Å². The van der Waals surface area contributed by atoms with Crippen LogP contribution in [-0.4, -0.2) is 83.3 Å². The quantitative estimate of drug-likeness (QED) is 0.0803. The largest absolute Gasteiger partial charge is 0.494 e. The number of benzene rings is 3. The van der Waals surface area contributed by atoms with Crippen molar-refractivity contribution in [2.45, 2.75) is 51.7 Å². The van der Waals surface area contributed by atoms with Crippen molar-refractivity contribution in [1.29, 1.82) is 0 Å². The van der Waals surface area contributed by atoms with Gasteiger partial charge in [-0.2, -0.15) is 0 Å². The van der Waals surface area contributed by atoms with Gasteiger partial charge < -0.3 is 38.1 Å². The fourth-order valence-electron chi connectivity index (χ4n) is 7.28. The molecular weight excluding hydrogens is 709 g/mol. The number of anilines is 1. The van der Waals surface area contributed by atoms with E-state index in [4.69, 9.17) is 33.2 Å². The standard InChI is InChI=1S/C45H54N4O7/c1-8-9-20-56-38-12-10-36(11-13-38)49(30-32-21-35(28-46-27-32)33-23-40(50-2)44(54-6)41(24-33)51-3)37-15-18-48(19-16-37)29-31-14-17-47-39(22-31)34-25-42(52-4)45(55-7)43(26-34)53-5/h10-14,17,21-28,37H,8-9,15-16,18-20,29-30H2,1-7H3. The normalized spacial score (nSPS) is 13.2. The van der Waals surface area contributed by atoms with E-state index in [1.807, 2.05) is 42.9 Å². The summed E-state index contributed by atoms with van der Waals surface area (Å²) < 4.78 is 39.6. The molecule has 1 saturated heterocycles. The summed E-state index contributed by atoms with van der Waals surface area (Å²) in [5.41, 5.74) is 7.14. The molecule has 3 aromatic carbocycles. The number of rotatable bonds is 18. The molecule has 0 saturated carbocycles. The molecule has 0 amide bonds. The van der Waals surface area contributed by atoms with Crippen LogP contribution in [0, 0.1) is 0 Å². The van der Waals surface area contributed by atoms with Gasteiger partial charge in [0.25, 0.3) is 0 Å². The number of aromatic nitrogens is 2. The van der Waals surface area contributed by atoms with Crippen molar-refractivity contribution in [3.05, 3.63) is 96.4 Å². The Morgan fingerprint density at radius 1 is 0.661 bits per heavy atom. The molecule has 11 heteroatoms. The fraction of sp³-hybridized carbons (Fsp3) is 0.378. The summed E-state index contributed by atoms with van der Waals surface area (Å²) in [6.07, 6.45) is 9.87. The van der Waals surface area contributed by atoms with Crippen molar-refractivity contribution in [1.82, 2.24) is 14.9 Å². The fourth-order valence-corrected chi connectivity index (χ4v) is 7.28. The van der Waals surface area contributed by atoms with Gasteiger partial charge >= 0.3 is 0 Å². The van der Waals surface area contributed by atoms with Crippen molar-refractivity contribution in [2.24, 2.45) is 0 Å². The molecule has 0 unspecified atom stereocenters. The minimum absolute atomic E-state index is 0.329. The Balaban J connectivity index is 1.20. The predicted octanol–water partition coefficient (Wildman–Crippen LogP) is 8.71. The molecule has 296 valence electrons. The first-order chi connectivity index (χ1) is 27.4. The predicted molar refractivity (Wildman–Crippen MR) is 220 cm³/mol. The average Bonchev–Trinajstić information content (AvgIpc) is 3.25. The lowest BCUT2D eigenvalue weighted by Crippen LogP contribution is -2.44. The molecule has 0 atom stereocenters. The van der Waals surface area contributed by atoms with E-state index in [1.54, 1.807) is 42.7 Å². The van der Waals surface area contributed by atoms with E-state index in [9.17, 15) is 0 Å². The Bertz CT molecular complexity index is 1980. The molecule has 56 heavy (non-hydrogen) atoms. The van der Waals surface area contributed by atoms with E-state index in [2.05, 4.69) is 69.2 Å². The number of ether oxygens (including phenoxy) is 7. The average molecular weight is 763 g/mol. The summed E-state index contributed by atoms with van der Waals surface area (Å²) in [6, 6.07) is 23.1. The lowest BCUT2D eigenvalue weighted by atomic mass is 9.99. The van der Waals surface area contributed by atoms with Crippen LogP contribution in [0.25, 0.3) is 22.4 Å². The van der Waals surface area contributed by atoms with E-state index < -0.39 is 0 Å². The lowest BCUT2D eigenvalue weighted by molar-refractivity contribution is 0.201. The minimum Gasteiger partial charge on any atom is -0.494 e. The van der Waals surface area contributed by atoms with E-state index in [1.165, 1.54) is 5.56 Å². The maximum absolute atomic E-state index is 6.02. The Hall–Kier alpha value is -5.68. The van der Waals surface area contributed by atoms with Gasteiger partial charge in [0.15, 0.2) is 23.0 Å². The Morgan fingerprint density at radius 2 is 1.27 bits per heavy atom. The van der Waals surface area contributed by atoms with Gasteiger partial charge in [-0.05, 0) is 103 Å². The molecule has 1 aliphatic rings. The summed E-state index contributed by atoms with van der Waals surface area (Å²) in [5, 5.41) is 0. The first-order valence-electron chi connectivity index (χ1n) is 19.1. The van der Waals surface area contributed by atoms with Crippen molar-refractivity contribution in [2.75, 3.05) is 67.3 Å². The highest BCUT2D eigenvalue weighted by atomic mass is 16.5. The molecule has 1 aliphatic heterocycles. The van der Waals surface area contributed by atoms with Crippen LogP contribution in [0.1, 0.15) is 43.7 Å². The molecule has 5 aromatic rings. The third kappa shape index (κ3) is 9.39. The van der Waals surface area contributed by atoms with Crippen LogP contribution in [0.2, 0.25) is 0 Å². The Morgan fingerprint density at radius 3 is 1.84 bits per heavy atom.